The molecular weight excluding hydrogens is 252 g/mol. The Morgan fingerprint density at radius 1 is 1.53 bits per heavy atom. The fraction of sp³-hybridized carbons (Fsp3) is 0.500. The van der Waals surface area contributed by atoms with E-state index in [4.69, 9.17) is 9.52 Å². The number of carboxylic acid groups (broad SMARTS) is 1. The van der Waals surface area contributed by atoms with E-state index in [1.165, 1.54) is 17.0 Å². The third kappa shape index (κ3) is 3.25. The fourth-order valence-corrected chi connectivity index (χ4v) is 1.98. The van der Waals surface area contributed by atoms with Crippen LogP contribution in [-0.4, -0.2) is 45.8 Å². The highest BCUT2D eigenvalue weighted by atomic mass is 16.4. The van der Waals surface area contributed by atoms with Crippen LogP contribution in [0, 0.1) is 0 Å². The number of urea groups is 1. The maximum absolute atomic E-state index is 11.8. The standard InChI is InChI=1S/C12H16N2O5/c1-12(18)4-5-14(7-12)11(17)13-6-8-2-3-9(19-8)10(15)16/h2-3,18H,4-7H2,1H3,(H,13,17)(H,15,16). The molecule has 19 heavy (non-hydrogen) atoms. The van der Waals surface area contributed by atoms with E-state index >= 15 is 0 Å². The number of furan rings is 1. The summed E-state index contributed by atoms with van der Waals surface area (Å²) in [7, 11) is 0. The minimum Gasteiger partial charge on any atom is -0.475 e. The number of aliphatic hydroxyl groups is 1. The molecule has 1 aliphatic rings. The third-order valence-corrected chi connectivity index (χ3v) is 3.03. The summed E-state index contributed by atoms with van der Waals surface area (Å²) in [5.41, 5.74) is -0.835. The minimum atomic E-state index is -1.15. The number of rotatable bonds is 3. The summed E-state index contributed by atoms with van der Waals surface area (Å²) in [6.07, 6.45) is 0.546. The van der Waals surface area contributed by atoms with E-state index in [1.54, 1.807) is 6.92 Å². The molecule has 1 aromatic heterocycles. The molecule has 0 bridgehead atoms. The van der Waals surface area contributed by atoms with Gasteiger partial charge in [0, 0.05) is 6.54 Å². The first-order valence-electron chi connectivity index (χ1n) is 5.94. The number of amides is 2. The molecule has 1 unspecified atom stereocenters. The molecule has 0 radical (unpaired) electrons. The second-order valence-electron chi connectivity index (χ2n) is 4.90. The molecule has 1 aromatic rings. The Morgan fingerprint density at radius 3 is 2.79 bits per heavy atom. The summed E-state index contributed by atoms with van der Waals surface area (Å²) in [4.78, 5) is 23.9. The predicted octanol–water partition coefficient (Wildman–Crippen LogP) is 0.644. The largest absolute Gasteiger partial charge is 0.475 e. The summed E-state index contributed by atoms with van der Waals surface area (Å²) in [5, 5.41) is 21.1. The normalized spacial score (nSPS) is 22.5. The Bertz CT molecular complexity index is 494. The van der Waals surface area contributed by atoms with Gasteiger partial charge in [0.25, 0.3) is 0 Å². The summed E-state index contributed by atoms with van der Waals surface area (Å²) < 4.78 is 5.02. The molecule has 2 rings (SSSR count). The molecule has 104 valence electrons. The van der Waals surface area contributed by atoms with Gasteiger partial charge in [-0.1, -0.05) is 0 Å². The first kappa shape index (κ1) is 13.4. The number of nitrogens with zero attached hydrogens (tertiary/aromatic N) is 1. The number of carboxylic acids is 1. The van der Waals surface area contributed by atoms with Crippen LogP contribution >= 0.6 is 0 Å². The highest BCUT2D eigenvalue weighted by Crippen LogP contribution is 2.20. The minimum absolute atomic E-state index is 0.116. The molecule has 7 heteroatoms. The van der Waals surface area contributed by atoms with Gasteiger partial charge in [-0.05, 0) is 25.5 Å². The van der Waals surface area contributed by atoms with Crippen molar-refractivity contribution < 1.29 is 24.2 Å². The Hall–Kier alpha value is -2.02. The van der Waals surface area contributed by atoms with Crippen LogP contribution in [0.2, 0.25) is 0 Å². The smallest absolute Gasteiger partial charge is 0.371 e. The number of hydrogen-bond acceptors (Lipinski definition) is 4. The second-order valence-corrected chi connectivity index (χ2v) is 4.90. The first-order valence-corrected chi connectivity index (χ1v) is 5.94. The molecule has 1 atom stereocenters. The van der Waals surface area contributed by atoms with Crippen LogP contribution in [-0.2, 0) is 6.54 Å². The molecule has 0 aromatic carbocycles. The van der Waals surface area contributed by atoms with Crippen LogP contribution in [0.1, 0.15) is 29.7 Å². The highest BCUT2D eigenvalue weighted by molar-refractivity contribution is 5.84. The van der Waals surface area contributed by atoms with Crippen LogP contribution in [0.4, 0.5) is 4.79 Å². The van der Waals surface area contributed by atoms with Crippen molar-refractivity contribution in [1.29, 1.82) is 0 Å². The predicted molar refractivity (Wildman–Crippen MR) is 64.7 cm³/mol. The lowest BCUT2D eigenvalue weighted by Gasteiger charge is -2.19. The Labute approximate surface area is 109 Å². The van der Waals surface area contributed by atoms with Gasteiger partial charge in [0.2, 0.25) is 5.76 Å². The number of aromatic carboxylic acids is 1. The van der Waals surface area contributed by atoms with Crippen molar-refractivity contribution in [2.24, 2.45) is 0 Å². The van der Waals surface area contributed by atoms with Crippen LogP contribution < -0.4 is 5.32 Å². The average Bonchev–Trinajstić information content (AvgIpc) is 2.92. The number of likely N-dealkylation sites (tertiary alicyclic amines) is 1. The van der Waals surface area contributed by atoms with Gasteiger partial charge in [-0.3, -0.25) is 0 Å². The van der Waals surface area contributed by atoms with Gasteiger partial charge >= 0.3 is 12.0 Å². The molecule has 7 nitrogen and oxygen atoms in total. The van der Waals surface area contributed by atoms with E-state index in [9.17, 15) is 14.7 Å². The third-order valence-electron chi connectivity index (χ3n) is 3.03. The van der Waals surface area contributed by atoms with Crippen LogP contribution in [0.25, 0.3) is 0 Å². The number of β-amino-alcohol motifs (C(OH)–C–C–N with tert-alkyl or cyclic N) is 1. The van der Waals surface area contributed by atoms with Gasteiger partial charge in [0.05, 0.1) is 18.7 Å². The quantitative estimate of drug-likeness (QED) is 0.746. The Balaban J connectivity index is 1.85. The van der Waals surface area contributed by atoms with Gasteiger partial charge in [0.1, 0.15) is 5.76 Å². The van der Waals surface area contributed by atoms with E-state index in [-0.39, 0.29) is 24.9 Å². The maximum atomic E-state index is 11.8. The molecule has 2 amide bonds. The van der Waals surface area contributed by atoms with Crippen LogP contribution in [0.3, 0.4) is 0 Å². The first-order chi connectivity index (χ1) is 8.87. The molecular formula is C12H16N2O5. The van der Waals surface area contributed by atoms with E-state index < -0.39 is 11.6 Å². The van der Waals surface area contributed by atoms with Crippen LogP contribution in [0.15, 0.2) is 16.5 Å². The van der Waals surface area contributed by atoms with Crippen molar-refractivity contribution in [3.05, 3.63) is 23.7 Å². The average molecular weight is 268 g/mol. The van der Waals surface area contributed by atoms with E-state index in [0.29, 0.717) is 18.7 Å². The van der Waals surface area contributed by atoms with Crippen molar-refractivity contribution in [2.45, 2.75) is 25.5 Å². The molecule has 1 saturated heterocycles. The molecule has 1 fully saturated rings. The Morgan fingerprint density at radius 2 is 2.26 bits per heavy atom. The highest BCUT2D eigenvalue weighted by Gasteiger charge is 2.33. The zero-order valence-electron chi connectivity index (χ0n) is 10.5. The van der Waals surface area contributed by atoms with E-state index in [0.717, 1.165) is 0 Å². The number of carbonyl (C=O) groups excluding carboxylic acids is 1. The lowest BCUT2D eigenvalue weighted by Crippen LogP contribution is -2.40. The van der Waals surface area contributed by atoms with Crippen LogP contribution in [0.5, 0.6) is 0 Å². The fourth-order valence-electron chi connectivity index (χ4n) is 1.98. The number of nitrogens with one attached hydrogen (secondary N) is 1. The van der Waals surface area contributed by atoms with Gasteiger partial charge in [-0.2, -0.15) is 0 Å². The maximum Gasteiger partial charge on any atom is 0.371 e. The zero-order valence-corrected chi connectivity index (χ0v) is 10.5. The van der Waals surface area contributed by atoms with E-state index in [2.05, 4.69) is 5.32 Å². The summed E-state index contributed by atoms with van der Waals surface area (Å²) >= 11 is 0. The van der Waals surface area contributed by atoms with Crippen molar-refractivity contribution in [3.8, 4) is 0 Å². The number of carbonyl (C=O) groups is 2. The second kappa shape index (κ2) is 4.93. The van der Waals surface area contributed by atoms with E-state index in [1.807, 2.05) is 0 Å². The Kier molecular flexibility index (Phi) is 3.48. The van der Waals surface area contributed by atoms with Gasteiger partial charge in [-0.15, -0.1) is 0 Å². The summed E-state index contributed by atoms with van der Waals surface area (Å²) in [6, 6.07) is 2.54. The summed E-state index contributed by atoms with van der Waals surface area (Å²) in [6.45, 7) is 2.59. The lowest BCUT2D eigenvalue weighted by atomic mass is 10.1. The molecule has 0 saturated carbocycles. The number of hydrogen-bond donors (Lipinski definition) is 3. The van der Waals surface area contributed by atoms with Crippen molar-refractivity contribution in [1.82, 2.24) is 10.2 Å². The SMILES string of the molecule is CC1(O)CCN(C(=O)NCc2ccc(C(=O)O)o2)C1. The van der Waals surface area contributed by atoms with Gasteiger partial charge in [-0.25, -0.2) is 9.59 Å². The topological polar surface area (TPSA) is 103 Å². The molecule has 0 spiro atoms. The molecule has 1 aliphatic heterocycles. The molecule has 3 N–H and O–H groups in total. The molecule has 0 aliphatic carbocycles. The van der Waals surface area contributed by atoms with Crippen molar-refractivity contribution in [3.63, 3.8) is 0 Å². The summed E-state index contributed by atoms with van der Waals surface area (Å²) in [5.74, 6) is -0.932. The monoisotopic (exact) mass is 268 g/mol. The van der Waals surface area contributed by atoms with Gasteiger partial charge < -0.3 is 24.8 Å². The van der Waals surface area contributed by atoms with Crippen molar-refractivity contribution in [2.75, 3.05) is 13.1 Å². The van der Waals surface area contributed by atoms with Crippen molar-refractivity contribution >= 4 is 12.0 Å². The molecule has 2 heterocycles. The van der Waals surface area contributed by atoms with Gasteiger partial charge in [0.15, 0.2) is 0 Å². The zero-order chi connectivity index (χ0) is 14.0. The lowest BCUT2D eigenvalue weighted by molar-refractivity contribution is 0.0659.